The summed E-state index contributed by atoms with van der Waals surface area (Å²) in [4.78, 5) is 24.4. The van der Waals surface area contributed by atoms with Gasteiger partial charge in [0.1, 0.15) is 11.5 Å². The van der Waals surface area contributed by atoms with Crippen LogP contribution in [0.5, 0.6) is 11.5 Å². The first-order valence-electron chi connectivity index (χ1n) is 7.67. The maximum atomic E-state index is 12.2. The second-order valence-corrected chi connectivity index (χ2v) is 8.07. The Morgan fingerprint density at radius 3 is 1.59 bits per heavy atom. The van der Waals surface area contributed by atoms with Gasteiger partial charge in [-0.25, -0.2) is 9.59 Å². The molecule has 0 radical (unpaired) electrons. The lowest BCUT2D eigenvalue weighted by molar-refractivity contribution is 0.0718. The Morgan fingerprint density at radius 2 is 1.11 bits per heavy atom. The molecule has 0 N–H and O–H groups in total. The number of rotatable bonds is 4. The average Bonchev–Trinajstić information content (AvgIpc) is 2.65. The van der Waals surface area contributed by atoms with Crippen LogP contribution in [0.15, 0.2) is 80.1 Å². The summed E-state index contributed by atoms with van der Waals surface area (Å²) < 4.78 is 13.0. The van der Waals surface area contributed by atoms with E-state index in [0.29, 0.717) is 27.1 Å². The van der Waals surface area contributed by atoms with Crippen LogP contribution in [0.3, 0.4) is 0 Å². The van der Waals surface area contributed by atoms with Gasteiger partial charge in [-0.3, -0.25) is 0 Å². The summed E-state index contributed by atoms with van der Waals surface area (Å²) in [7, 11) is 0. The second kappa shape index (κ2) is 8.82. The average molecular weight is 555 g/mol. The quantitative estimate of drug-likeness (QED) is 0.276. The minimum absolute atomic E-state index is 0.325. The molecule has 0 fully saturated rings. The molecular formula is C20H11Br3O4. The van der Waals surface area contributed by atoms with E-state index in [9.17, 15) is 9.59 Å². The van der Waals surface area contributed by atoms with Crippen molar-refractivity contribution < 1.29 is 19.1 Å². The van der Waals surface area contributed by atoms with Crippen LogP contribution < -0.4 is 9.47 Å². The Hall–Kier alpha value is -1.96. The highest BCUT2D eigenvalue weighted by atomic mass is 79.9. The van der Waals surface area contributed by atoms with E-state index >= 15 is 0 Å². The van der Waals surface area contributed by atoms with Crippen LogP contribution in [0, 0.1) is 0 Å². The van der Waals surface area contributed by atoms with Crippen LogP contribution in [0.4, 0.5) is 0 Å². The van der Waals surface area contributed by atoms with Crippen molar-refractivity contribution in [2.24, 2.45) is 0 Å². The topological polar surface area (TPSA) is 52.6 Å². The Morgan fingerprint density at radius 1 is 0.630 bits per heavy atom. The number of esters is 2. The fourth-order valence-electron chi connectivity index (χ4n) is 2.12. The molecule has 0 saturated heterocycles. The van der Waals surface area contributed by atoms with E-state index in [1.807, 2.05) is 0 Å². The first kappa shape index (κ1) is 19.8. The smallest absolute Gasteiger partial charge is 0.343 e. The van der Waals surface area contributed by atoms with Gasteiger partial charge in [0.25, 0.3) is 0 Å². The van der Waals surface area contributed by atoms with Crippen molar-refractivity contribution >= 4 is 59.7 Å². The maximum Gasteiger partial charge on any atom is 0.343 e. The molecule has 0 bridgehead atoms. The number of ether oxygens (including phenoxy) is 2. The van der Waals surface area contributed by atoms with Gasteiger partial charge < -0.3 is 9.47 Å². The van der Waals surface area contributed by atoms with Gasteiger partial charge in [-0.05, 0) is 82.7 Å². The van der Waals surface area contributed by atoms with Gasteiger partial charge >= 0.3 is 11.9 Å². The van der Waals surface area contributed by atoms with Crippen LogP contribution >= 0.6 is 47.8 Å². The zero-order valence-corrected chi connectivity index (χ0v) is 18.4. The highest BCUT2D eigenvalue weighted by molar-refractivity contribution is 9.11. The number of hydrogen-bond donors (Lipinski definition) is 0. The molecule has 0 aromatic heterocycles. The molecule has 0 unspecified atom stereocenters. The molecular weight excluding hydrogens is 544 g/mol. The summed E-state index contributed by atoms with van der Waals surface area (Å²) >= 11 is 9.97. The van der Waals surface area contributed by atoms with Crippen LogP contribution in [0.1, 0.15) is 20.7 Å². The lowest BCUT2D eigenvalue weighted by Gasteiger charge is -2.09. The summed E-state index contributed by atoms with van der Waals surface area (Å²) in [5.41, 5.74) is 0.857. The van der Waals surface area contributed by atoms with Crippen molar-refractivity contribution in [1.82, 2.24) is 0 Å². The van der Waals surface area contributed by atoms with E-state index in [2.05, 4.69) is 47.8 Å². The van der Waals surface area contributed by atoms with Crippen molar-refractivity contribution in [2.45, 2.75) is 0 Å². The number of halogens is 3. The normalized spacial score (nSPS) is 10.3. The van der Waals surface area contributed by atoms with Crippen LogP contribution in [0.2, 0.25) is 0 Å². The Kier molecular flexibility index (Phi) is 6.46. The summed E-state index contributed by atoms with van der Waals surface area (Å²) in [5, 5.41) is 0. The van der Waals surface area contributed by atoms with Crippen molar-refractivity contribution in [3.05, 3.63) is 91.3 Å². The van der Waals surface area contributed by atoms with E-state index < -0.39 is 11.9 Å². The monoisotopic (exact) mass is 552 g/mol. The van der Waals surface area contributed by atoms with Gasteiger partial charge in [-0.1, -0.05) is 31.9 Å². The zero-order chi connectivity index (χ0) is 19.4. The summed E-state index contributed by atoms with van der Waals surface area (Å²) in [6, 6.07) is 18.4. The molecule has 0 aliphatic heterocycles. The predicted molar refractivity (Wildman–Crippen MR) is 112 cm³/mol. The van der Waals surface area contributed by atoms with E-state index in [1.165, 1.54) is 0 Å². The van der Waals surface area contributed by atoms with Gasteiger partial charge in [0, 0.05) is 8.95 Å². The standard InChI is InChI=1S/C20H11Br3O4/c21-14-5-1-12(2-6-14)19(24)26-16-9-10-18(17(23)11-16)27-20(25)13-3-7-15(22)8-4-13/h1-11H. The molecule has 0 heterocycles. The number of benzene rings is 3. The van der Waals surface area contributed by atoms with E-state index in [-0.39, 0.29) is 0 Å². The third-order valence-electron chi connectivity index (χ3n) is 3.48. The van der Waals surface area contributed by atoms with Gasteiger partial charge in [0.15, 0.2) is 0 Å². The third kappa shape index (κ3) is 5.28. The highest BCUT2D eigenvalue weighted by Gasteiger charge is 2.13. The van der Waals surface area contributed by atoms with Gasteiger partial charge in [0.05, 0.1) is 15.6 Å². The fourth-order valence-corrected chi connectivity index (χ4v) is 3.09. The van der Waals surface area contributed by atoms with Crippen LogP contribution in [0.25, 0.3) is 0 Å². The number of carbonyl (C=O) groups excluding carboxylic acids is 2. The third-order valence-corrected chi connectivity index (χ3v) is 5.15. The molecule has 136 valence electrons. The molecule has 3 aromatic rings. The second-order valence-electron chi connectivity index (χ2n) is 5.39. The number of carbonyl (C=O) groups is 2. The number of hydrogen-bond acceptors (Lipinski definition) is 4. The summed E-state index contributed by atoms with van der Waals surface area (Å²) in [5.74, 6) is -0.304. The highest BCUT2D eigenvalue weighted by Crippen LogP contribution is 2.30. The Balaban J connectivity index is 1.69. The molecule has 0 aliphatic carbocycles. The summed E-state index contributed by atoms with van der Waals surface area (Å²) in [6.07, 6.45) is 0. The van der Waals surface area contributed by atoms with Gasteiger partial charge in [-0.15, -0.1) is 0 Å². The first-order valence-corrected chi connectivity index (χ1v) is 10.1. The van der Waals surface area contributed by atoms with Gasteiger partial charge in [0.2, 0.25) is 0 Å². The van der Waals surface area contributed by atoms with E-state index in [0.717, 1.165) is 8.95 Å². The van der Waals surface area contributed by atoms with Crippen LogP contribution in [-0.2, 0) is 0 Å². The molecule has 27 heavy (non-hydrogen) atoms. The summed E-state index contributed by atoms with van der Waals surface area (Å²) in [6.45, 7) is 0. The first-order chi connectivity index (χ1) is 12.9. The maximum absolute atomic E-state index is 12.2. The van der Waals surface area contributed by atoms with Gasteiger partial charge in [-0.2, -0.15) is 0 Å². The lowest BCUT2D eigenvalue weighted by atomic mass is 10.2. The minimum Gasteiger partial charge on any atom is -0.423 e. The van der Waals surface area contributed by atoms with Crippen molar-refractivity contribution in [1.29, 1.82) is 0 Å². The van der Waals surface area contributed by atoms with E-state index in [1.54, 1.807) is 66.7 Å². The predicted octanol–water partition coefficient (Wildman–Crippen LogP) is 6.41. The SMILES string of the molecule is O=C(Oc1ccc(OC(=O)c2ccc(Br)cc2)c(Br)c1)c1ccc(Br)cc1. The van der Waals surface area contributed by atoms with Crippen molar-refractivity contribution in [3.8, 4) is 11.5 Å². The molecule has 4 nitrogen and oxygen atoms in total. The zero-order valence-electron chi connectivity index (χ0n) is 13.6. The molecule has 0 atom stereocenters. The molecule has 3 aromatic carbocycles. The van der Waals surface area contributed by atoms with Crippen molar-refractivity contribution in [3.63, 3.8) is 0 Å². The molecule has 0 amide bonds. The Labute approximate surface area is 180 Å². The van der Waals surface area contributed by atoms with Crippen molar-refractivity contribution in [2.75, 3.05) is 0 Å². The Bertz CT molecular complexity index is 983. The molecule has 0 saturated carbocycles. The van der Waals surface area contributed by atoms with Crippen LogP contribution in [-0.4, -0.2) is 11.9 Å². The largest absolute Gasteiger partial charge is 0.423 e. The van der Waals surface area contributed by atoms with E-state index in [4.69, 9.17) is 9.47 Å². The molecule has 7 heteroatoms. The lowest BCUT2D eigenvalue weighted by Crippen LogP contribution is -2.10. The molecule has 0 aliphatic rings. The molecule has 3 rings (SSSR count). The molecule has 0 spiro atoms. The fraction of sp³-hybridized carbons (Fsp3) is 0. The minimum atomic E-state index is -0.484.